The first-order valence-corrected chi connectivity index (χ1v) is 7.48. The number of hydrogen-bond donors (Lipinski definition) is 1. The second-order valence-electron chi connectivity index (χ2n) is 5.45. The van der Waals surface area contributed by atoms with Gasteiger partial charge in [0.2, 0.25) is 5.95 Å². The Morgan fingerprint density at radius 2 is 2.11 bits per heavy atom. The minimum Gasteiger partial charge on any atom is -0.369 e. The SMILES string of the molecule is CCCCCNc1cnnc(N2CCC(C)CC2)n1. The van der Waals surface area contributed by atoms with Crippen LogP contribution in [0, 0.1) is 5.92 Å². The smallest absolute Gasteiger partial charge is 0.247 e. The lowest BCUT2D eigenvalue weighted by Crippen LogP contribution is -2.34. The first kappa shape index (κ1) is 14.0. The van der Waals surface area contributed by atoms with Crippen molar-refractivity contribution in [2.75, 3.05) is 29.9 Å². The van der Waals surface area contributed by atoms with E-state index in [1.165, 1.54) is 32.1 Å². The molecule has 106 valence electrons. The molecule has 0 saturated carbocycles. The van der Waals surface area contributed by atoms with Gasteiger partial charge in [-0.25, -0.2) is 0 Å². The molecule has 1 aromatic rings. The van der Waals surface area contributed by atoms with Gasteiger partial charge in [0.15, 0.2) is 5.82 Å². The van der Waals surface area contributed by atoms with Crippen LogP contribution in [0.2, 0.25) is 0 Å². The van der Waals surface area contributed by atoms with Crippen LogP contribution in [0.1, 0.15) is 46.0 Å². The van der Waals surface area contributed by atoms with E-state index in [0.717, 1.165) is 37.3 Å². The highest BCUT2D eigenvalue weighted by Gasteiger charge is 2.18. The Morgan fingerprint density at radius 3 is 2.84 bits per heavy atom. The third kappa shape index (κ3) is 4.33. The standard InChI is InChI=1S/C14H25N5/c1-3-4-5-8-15-13-11-16-18-14(17-13)19-9-6-12(2)7-10-19/h11-12H,3-10H2,1-2H3,(H,15,17,18). The molecular weight excluding hydrogens is 238 g/mol. The summed E-state index contributed by atoms with van der Waals surface area (Å²) in [5.74, 6) is 2.44. The van der Waals surface area contributed by atoms with Crippen LogP contribution in [0.15, 0.2) is 6.20 Å². The Bertz CT molecular complexity index is 374. The Labute approximate surface area is 115 Å². The molecular formula is C14H25N5. The number of rotatable bonds is 6. The molecule has 1 N–H and O–H groups in total. The molecule has 1 aliphatic rings. The minimum atomic E-state index is 0.771. The summed E-state index contributed by atoms with van der Waals surface area (Å²) in [6, 6.07) is 0. The van der Waals surface area contributed by atoms with E-state index in [0.29, 0.717) is 0 Å². The van der Waals surface area contributed by atoms with Gasteiger partial charge in [0.05, 0.1) is 6.20 Å². The van der Waals surface area contributed by atoms with Crippen LogP contribution in [0.4, 0.5) is 11.8 Å². The predicted molar refractivity (Wildman–Crippen MR) is 78.5 cm³/mol. The van der Waals surface area contributed by atoms with Crippen LogP contribution in [-0.2, 0) is 0 Å². The predicted octanol–water partition coefficient (Wildman–Crippen LogP) is 2.71. The lowest BCUT2D eigenvalue weighted by atomic mass is 10.00. The van der Waals surface area contributed by atoms with E-state index in [1.807, 2.05) is 0 Å². The molecule has 1 aromatic heterocycles. The number of anilines is 2. The number of nitrogens with zero attached hydrogens (tertiary/aromatic N) is 4. The van der Waals surface area contributed by atoms with Crippen LogP contribution in [-0.4, -0.2) is 34.8 Å². The maximum Gasteiger partial charge on any atom is 0.247 e. The second kappa shape index (κ2) is 7.26. The zero-order chi connectivity index (χ0) is 13.5. The third-order valence-electron chi connectivity index (χ3n) is 3.70. The zero-order valence-corrected chi connectivity index (χ0v) is 12.1. The molecule has 1 saturated heterocycles. The lowest BCUT2D eigenvalue weighted by Gasteiger charge is -2.29. The molecule has 0 aliphatic carbocycles. The van der Waals surface area contributed by atoms with E-state index in [-0.39, 0.29) is 0 Å². The summed E-state index contributed by atoms with van der Waals surface area (Å²) in [4.78, 5) is 6.80. The van der Waals surface area contributed by atoms with Crippen molar-refractivity contribution in [1.29, 1.82) is 0 Å². The maximum absolute atomic E-state index is 4.56. The molecule has 1 aliphatic heterocycles. The highest BCUT2D eigenvalue weighted by Crippen LogP contribution is 2.20. The fourth-order valence-corrected chi connectivity index (χ4v) is 2.31. The van der Waals surface area contributed by atoms with Gasteiger partial charge in [-0.05, 0) is 25.2 Å². The van der Waals surface area contributed by atoms with Crippen LogP contribution in [0.3, 0.4) is 0 Å². The molecule has 0 radical (unpaired) electrons. The van der Waals surface area contributed by atoms with Crippen LogP contribution in [0.25, 0.3) is 0 Å². The van der Waals surface area contributed by atoms with Gasteiger partial charge in [-0.2, -0.15) is 10.1 Å². The molecule has 0 bridgehead atoms. The van der Waals surface area contributed by atoms with Gasteiger partial charge in [-0.1, -0.05) is 26.7 Å². The van der Waals surface area contributed by atoms with Gasteiger partial charge >= 0.3 is 0 Å². The second-order valence-corrected chi connectivity index (χ2v) is 5.45. The van der Waals surface area contributed by atoms with Crippen molar-refractivity contribution in [3.8, 4) is 0 Å². The van der Waals surface area contributed by atoms with E-state index < -0.39 is 0 Å². The van der Waals surface area contributed by atoms with Gasteiger partial charge in [0, 0.05) is 19.6 Å². The van der Waals surface area contributed by atoms with E-state index in [4.69, 9.17) is 0 Å². The van der Waals surface area contributed by atoms with Crippen molar-refractivity contribution >= 4 is 11.8 Å². The van der Waals surface area contributed by atoms with Gasteiger partial charge in [0.1, 0.15) is 0 Å². The van der Waals surface area contributed by atoms with Crippen molar-refractivity contribution in [2.45, 2.75) is 46.0 Å². The van der Waals surface area contributed by atoms with Gasteiger partial charge in [-0.3, -0.25) is 0 Å². The summed E-state index contributed by atoms with van der Waals surface area (Å²) in [5, 5.41) is 11.5. The fraction of sp³-hybridized carbons (Fsp3) is 0.786. The molecule has 0 unspecified atom stereocenters. The van der Waals surface area contributed by atoms with Crippen LogP contribution < -0.4 is 10.2 Å². The van der Waals surface area contributed by atoms with E-state index in [1.54, 1.807) is 6.20 Å². The summed E-state index contributed by atoms with van der Waals surface area (Å²) in [6.45, 7) is 7.57. The topological polar surface area (TPSA) is 53.9 Å². The lowest BCUT2D eigenvalue weighted by molar-refractivity contribution is 0.433. The summed E-state index contributed by atoms with van der Waals surface area (Å²) < 4.78 is 0. The number of piperidine rings is 1. The Balaban J connectivity index is 1.87. The normalized spacial score (nSPS) is 16.6. The Morgan fingerprint density at radius 1 is 1.32 bits per heavy atom. The van der Waals surface area contributed by atoms with Crippen molar-refractivity contribution in [3.05, 3.63) is 6.20 Å². The molecule has 19 heavy (non-hydrogen) atoms. The minimum absolute atomic E-state index is 0.771. The summed E-state index contributed by atoms with van der Waals surface area (Å²) in [7, 11) is 0. The summed E-state index contributed by atoms with van der Waals surface area (Å²) >= 11 is 0. The van der Waals surface area contributed by atoms with Gasteiger partial charge < -0.3 is 10.2 Å². The molecule has 0 amide bonds. The highest BCUT2D eigenvalue weighted by atomic mass is 15.3. The van der Waals surface area contributed by atoms with E-state index >= 15 is 0 Å². The summed E-state index contributed by atoms with van der Waals surface area (Å²) in [5.41, 5.74) is 0. The van der Waals surface area contributed by atoms with Crippen molar-refractivity contribution in [3.63, 3.8) is 0 Å². The molecule has 0 spiro atoms. The third-order valence-corrected chi connectivity index (χ3v) is 3.70. The molecule has 2 heterocycles. The molecule has 1 fully saturated rings. The maximum atomic E-state index is 4.56. The first-order valence-electron chi connectivity index (χ1n) is 7.48. The number of unbranched alkanes of at least 4 members (excludes halogenated alkanes) is 2. The largest absolute Gasteiger partial charge is 0.369 e. The molecule has 5 heteroatoms. The van der Waals surface area contributed by atoms with Crippen LogP contribution in [0.5, 0.6) is 0 Å². The van der Waals surface area contributed by atoms with Gasteiger partial charge in [0.25, 0.3) is 0 Å². The molecule has 0 atom stereocenters. The average molecular weight is 263 g/mol. The van der Waals surface area contributed by atoms with Crippen molar-refractivity contribution < 1.29 is 0 Å². The number of hydrogen-bond acceptors (Lipinski definition) is 5. The molecule has 2 rings (SSSR count). The quantitative estimate of drug-likeness (QED) is 0.800. The van der Waals surface area contributed by atoms with Crippen molar-refractivity contribution in [1.82, 2.24) is 15.2 Å². The molecule has 0 aromatic carbocycles. The first-order chi connectivity index (χ1) is 9.29. The average Bonchev–Trinajstić information content (AvgIpc) is 2.45. The van der Waals surface area contributed by atoms with Gasteiger partial charge in [-0.15, -0.1) is 5.10 Å². The zero-order valence-electron chi connectivity index (χ0n) is 12.1. The fourth-order valence-electron chi connectivity index (χ4n) is 2.31. The number of nitrogens with one attached hydrogen (secondary N) is 1. The number of aromatic nitrogens is 3. The molecule has 5 nitrogen and oxygen atoms in total. The van der Waals surface area contributed by atoms with Crippen LogP contribution >= 0.6 is 0 Å². The monoisotopic (exact) mass is 263 g/mol. The highest BCUT2D eigenvalue weighted by molar-refractivity contribution is 5.39. The summed E-state index contributed by atoms with van der Waals surface area (Å²) in [6.07, 6.45) is 7.82. The van der Waals surface area contributed by atoms with Crippen molar-refractivity contribution in [2.24, 2.45) is 5.92 Å². The van der Waals surface area contributed by atoms with E-state index in [2.05, 4.69) is 39.2 Å². The Hall–Kier alpha value is -1.39. The Kier molecular flexibility index (Phi) is 5.36. The van der Waals surface area contributed by atoms with E-state index in [9.17, 15) is 0 Å².